The summed E-state index contributed by atoms with van der Waals surface area (Å²) in [5, 5.41) is 5.70. The molecule has 0 unspecified atom stereocenters. The van der Waals surface area contributed by atoms with Gasteiger partial charge < -0.3 is 14.5 Å². The predicted molar refractivity (Wildman–Crippen MR) is 91.7 cm³/mol. The number of furan rings is 1. The van der Waals surface area contributed by atoms with E-state index in [0.717, 1.165) is 33.7 Å². The summed E-state index contributed by atoms with van der Waals surface area (Å²) in [5.74, 6) is -0.731. The van der Waals surface area contributed by atoms with Crippen LogP contribution >= 0.6 is 0 Å². The topological polar surface area (TPSA) is 68.5 Å². The third kappa shape index (κ3) is 3.40. The van der Waals surface area contributed by atoms with Crippen molar-refractivity contribution in [3.8, 4) is 0 Å². The van der Waals surface area contributed by atoms with Gasteiger partial charge >= 0.3 is 5.97 Å². The fourth-order valence-corrected chi connectivity index (χ4v) is 2.67. The van der Waals surface area contributed by atoms with Crippen LogP contribution in [-0.4, -0.2) is 25.0 Å². The van der Waals surface area contributed by atoms with Crippen LogP contribution in [0.3, 0.4) is 0 Å². The van der Waals surface area contributed by atoms with Gasteiger partial charge in [0.1, 0.15) is 5.58 Å². The minimum Gasteiger partial charge on any atom is -0.464 e. The molecule has 1 amide bonds. The van der Waals surface area contributed by atoms with Crippen LogP contribution in [-0.2, 0) is 20.7 Å². The van der Waals surface area contributed by atoms with Crippen molar-refractivity contribution in [3.63, 3.8) is 0 Å². The Morgan fingerprint density at radius 3 is 2.83 bits per heavy atom. The summed E-state index contributed by atoms with van der Waals surface area (Å²) in [6, 6.07) is 11.8. The zero-order valence-corrected chi connectivity index (χ0v) is 13.5. The highest BCUT2D eigenvalue weighted by Gasteiger charge is 2.14. The van der Waals surface area contributed by atoms with Gasteiger partial charge in [-0.05, 0) is 23.3 Å². The van der Waals surface area contributed by atoms with Crippen molar-refractivity contribution in [1.29, 1.82) is 0 Å². The molecule has 0 radical (unpaired) electrons. The lowest BCUT2D eigenvalue weighted by molar-refractivity contribution is -0.147. The Hall–Kier alpha value is -2.82. The zero-order chi connectivity index (χ0) is 16.9. The molecule has 1 N–H and O–H groups in total. The molecule has 5 nitrogen and oxygen atoms in total. The highest BCUT2D eigenvalue weighted by Crippen LogP contribution is 2.30. The monoisotopic (exact) mass is 325 g/mol. The molecule has 0 aliphatic carbocycles. The van der Waals surface area contributed by atoms with E-state index in [1.165, 1.54) is 0 Å². The van der Waals surface area contributed by atoms with Gasteiger partial charge in [0, 0.05) is 17.5 Å². The van der Waals surface area contributed by atoms with Crippen LogP contribution in [0.4, 0.5) is 0 Å². The number of esters is 1. The summed E-state index contributed by atoms with van der Waals surface area (Å²) in [6.45, 7) is 2.28. The SMILES string of the molecule is CCCNC(=O)COC(=O)Cc1coc2ccc3ccccc3c12. The third-order valence-corrected chi connectivity index (χ3v) is 3.81. The zero-order valence-electron chi connectivity index (χ0n) is 13.5. The van der Waals surface area contributed by atoms with Gasteiger partial charge in [-0.25, -0.2) is 0 Å². The minimum atomic E-state index is -0.447. The van der Waals surface area contributed by atoms with E-state index >= 15 is 0 Å². The van der Waals surface area contributed by atoms with Crippen molar-refractivity contribution in [2.45, 2.75) is 19.8 Å². The second-order valence-corrected chi connectivity index (χ2v) is 5.61. The number of hydrogen-bond acceptors (Lipinski definition) is 4. The van der Waals surface area contributed by atoms with Crippen LogP contribution < -0.4 is 5.32 Å². The maximum Gasteiger partial charge on any atom is 0.310 e. The number of carbonyl (C=O) groups is 2. The Balaban J connectivity index is 1.74. The molecule has 3 rings (SSSR count). The lowest BCUT2D eigenvalue weighted by Crippen LogP contribution is -2.29. The molecule has 0 bridgehead atoms. The van der Waals surface area contributed by atoms with Crippen molar-refractivity contribution < 1.29 is 18.7 Å². The van der Waals surface area contributed by atoms with Gasteiger partial charge in [-0.3, -0.25) is 9.59 Å². The highest BCUT2D eigenvalue weighted by molar-refractivity contribution is 6.08. The van der Waals surface area contributed by atoms with Crippen molar-refractivity contribution >= 4 is 33.6 Å². The molecule has 0 aliphatic rings. The molecule has 124 valence electrons. The van der Waals surface area contributed by atoms with Gasteiger partial charge in [-0.15, -0.1) is 0 Å². The van der Waals surface area contributed by atoms with E-state index in [0.29, 0.717) is 6.54 Å². The molecule has 2 aromatic carbocycles. The van der Waals surface area contributed by atoms with E-state index in [9.17, 15) is 9.59 Å². The number of rotatable bonds is 6. The molecule has 0 saturated carbocycles. The summed E-state index contributed by atoms with van der Waals surface area (Å²) in [7, 11) is 0. The van der Waals surface area contributed by atoms with E-state index in [-0.39, 0.29) is 18.9 Å². The first-order chi connectivity index (χ1) is 11.7. The second kappa shape index (κ2) is 7.17. The summed E-state index contributed by atoms with van der Waals surface area (Å²) in [5.41, 5.74) is 1.50. The first-order valence-electron chi connectivity index (χ1n) is 7.99. The highest BCUT2D eigenvalue weighted by atomic mass is 16.5. The molecular formula is C19H19NO4. The Bertz CT molecular complexity index is 881. The van der Waals surface area contributed by atoms with Crippen molar-refractivity contribution in [1.82, 2.24) is 5.32 Å². The average molecular weight is 325 g/mol. The van der Waals surface area contributed by atoms with Crippen LogP contribution in [0.15, 0.2) is 47.1 Å². The van der Waals surface area contributed by atoms with Gasteiger partial charge in [0.05, 0.1) is 12.7 Å². The summed E-state index contributed by atoms with van der Waals surface area (Å²) in [4.78, 5) is 23.5. The number of hydrogen-bond donors (Lipinski definition) is 1. The lowest BCUT2D eigenvalue weighted by atomic mass is 10.0. The fourth-order valence-electron chi connectivity index (χ4n) is 2.67. The number of fused-ring (bicyclic) bond motifs is 3. The number of amides is 1. The van der Waals surface area contributed by atoms with Crippen molar-refractivity contribution in [2.75, 3.05) is 13.2 Å². The van der Waals surface area contributed by atoms with E-state index in [1.807, 2.05) is 43.3 Å². The van der Waals surface area contributed by atoms with Crippen LogP contribution in [0.2, 0.25) is 0 Å². The average Bonchev–Trinajstić information content (AvgIpc) is 3.01. The van der Waals surface area contributed by atoms with Crippen molar-refractivity contribution in [2.24, 2.45) is 0 Å². The van der Waals surface area contributed by atoms with E-state index < -0.39 is 5.97 Å². The fraction of sp³-hybridized carbons (Fsp3) is 0.263. The molecule has 5 heteroatoms. The standard InChI is InChI=1S/C19H19NO4/c1-2-9-20-17(21)12-24-18(22)10-14-11-23-16-8-7-13-5-3-4-6-15(13)19(14)16/h3-8,11H,2,9-10,12H2,1H3,(H,20,21). The van der Waals surface area contributed by atoms with Gasteiger partial charge in [0.2, 0.25) is 0 Å². The van der Waals surface area contributed by atoms with E-state index in [2.05, 4.69) is 5.32 Å². The van der Waals surface area contributed by atoms with E-state index in [4.69, 9.17) is 9.15 Å². The van der Waals surface area contributed by atoms with Crippen molar-refractivity contribution in [3.05, 3.63) is 48.2 Å². The van der Waals surface area contributed by atoms with Crippen LogP contribution in [0.1, 0.15) is 18.9 Å². The molecule has 1 aromatic heterocycles. The number of ether oxygens (including phenoxy) is 1. The molecular weight excluding hydrogens is 306 g/mol. The smallest absolute Gasteiger partial charge is 0.310 e. The molecule has 0 saturated heterocycles. The van der Waals surface area contributed by atoms with Gasteiger partial charge in [0.15, 0.2) is 6.61 Å². The lowest BCUT2D eigenvalue weighted by Gasteiger charge is -2.05. The van der Waals surface area contributed by atoms with Crippen LogP contribution in [0.25, 0.3) is 21.7 Å². The Kier molecular flexibility index (Phi) is 4.79. The van der Waals surface area contributed by atoms with Crippen LogP contribution in [0, 0.1) is 0 Å². The summed E-state index contributed by atoms with van der Waals surface area (Å²) < 4.78 is 10.6. The molecule has 3 aromatic rings. The summed E-state index contributed by atoms with van der Waals surface area (Å²) in [6.07, 6.45) is 2.49. The quantitative estimate of drug-likeness (QED) is 0.707. The predicted octanol–water partition coefficient (Wildman–Crippen LogP) is 3.20. The van der Waals surface area contributed by atoms with Gasteiger partial charge in [-0.2, -0.15) is 0 Å². The summed E-state index contributed by atoms with van der Waals surface area (Å²) >= 11 is 0. The third-order valence-electron chi connectivity index (χ3n) is 3.81. The number of carbonyl (C=O) groups excluding carboxylic acids is 2. The molecule has 1 heterocycles. The minimum absolute atomic E-state index is 0.0715. The first-order valence-corrected chi connectivity index (χ1v) is 7.99. The van der Waals surface area contributed by atoms with Gasteiger partial charge in [-0.1, -0.05) is 37.3 Å². The molecule has 0 spiro atoms. The largest absolute Gasteiger partial charge is 0.464 e. The van der Waals surface area contributed by atoms with E-state index in [1.54, 1.807) is 6.26 Å². The maximum absolute atomic E-state index is 12.0. The van der Waals surface area contributed by atoms with Gasteiger partial charge in [0.25, 0.3) is 5.91 Å². The molecule has 24 heavy (non-hydrogen) atoms. The maximum atomic E-state index is 12.0. The second-order valence-electron chi connectivity index (χ2n) is 5.61. The van der Waals surface area contributed by atoms with Crippen LogP contribution in [0.5, 0.6) is 0 Å². The number of nitrogens with one attached hydrogen (secondary N) is 1. The normalized spacial score (nSPS) is 10.9. The number of benzene rings is 2. The Morgan fingerprint density at radius 2 is 2.00 bits per heavy atom. The first kappa shape index (κ1) is 16.1. The Morgan fingerprint density at radius 1 is 1.17 bits per heavy atom. The molecule has 0 fully saturated rings. The molecule has 0 atom stereocenters. The molecule has 0 aliphatic heterocycles. The Labute approximate surface area is 139 Å².